The Morgan fingerprint density at radius 1 is 0.426 bits per heavy atom. The van der Waals surface area contributed by atoms with Crippen LogP contribution in [0.3, 0.4) is 0 Å². The quantitative estimate of drug-likeness (QED) is 0.195. The van der Waals surface area contributed by atoms with E-state index in [0.29, 0.717) is 5.84 Å². The molecule has 1 aliphatic rings. The molecule has 0 saturated heterocycles. The minimum Gasteiger partial charge on any atom is -0.456 e. The van der Waals surface area contributed by atoms with Crippen LogP contribution < -0.4 is 5.32 Å². The summed E-state index contributed by atoms with van der Waals surface area (Å²) in [6.07, 6.45) is -0.357. The number of para-hydroxylation sites is 1. The summed E-state index contributed by atoms with van der Waals surface area (Å²) >= 11 is 0. The van der Waals surface area contributed by atoms with Crippen molar-refractivity contribution < 1.29 is 8.83 Å². The SMILES string of the molecule is c1ccc(C2=NC(c3ccc(-c4ccccc4)cc3)NC(c3cccc4oc5cccc(-c6cccc7c6oc6c8ccccc8ccc76)c5c34)=N2)cc1. The molecular weight excluding hydrogens is 663 g/mol. The maximum Gasteiger partial charge on any atom is 0.159 e. The minimum atomic E-state index is -0.357. The first kappa shape index (κ1) is 30.4. The van der Waals surface area contributed by atoms with Crippen LogP contribution in [0.1, 0.15) is 22.9 Å². The molecule has 3 heterocycles. The summed E-state index contributed by atoms with van der Waals surface area (Å²) in [5, 5.41) is 10.2. The molecule has 5 heteroatoms. The lowest BCUT2D eigenvalue weighted by Crippen LogP contribution is -2.33. The van der Waals surface area contributed by atoms with Gasteiger partial charge < -0.3 is 14.2 Å². The predicted octanol–water partition coefficient (Wildman–Crippen LogP) is 12.5. The van der Waals surface area contributed by atoms with Crippen LogP contribution in [0, 0.1) is 0 Å². The summed E-state index contributed by atoms with van der Waals surface area (Å²) < 4.78 is 13.4. The molecule has 0 bridgehead atoms. The van der Waals surface area contributed by atoms with Gasteiger partial charge in [-0.05, 0) is 45.8 Å². The van der Waals surface area contributed by atoms with Gasteiger partial charge in [0.15, 0.2) is 5.84 Å². The van der Waals surface area contributed by atoms with Crippen LogP contribution in [-0.4, -0.2) is 11.7 Å². The van der Waals surface area contributed by atoms with Gasteiger partial charge in [0.05, 0.1) is 0 Å². The number of rotatable bonds is 5. The molecule has 0 radical (unpaired) electrons. The fourth-order valence-electron chi connectivity index (χ4n) is 7.99. The summed E-state index contributed by atoms with van der Waals surface area (Å²) in [5.74, 6) is 1.41. The number of benzene rings is 8. The van der Waals surface area contributed by atoms with E-state index in [4.69, 9.17) is 18.8 Å². The van der Waals surface area contributed by atoms with Gasteiger partial charge in [0.1, 0.15) is 34.3 Å². The number of nitrogens with zero attached hydrogens (tertiary/aromatic N) is 2. The predicted molar refractivity (Wildman–Crippen MR) is 221 cm³/mol. The second-order valence-corrected chi connectivity index (χ2v) is 13.7. The Labute approximate surface area is 310 Å². The smallest absolute Gasteiger partial charge is 0.159 e. The zero-order chi connectivity index (χ0) is 35.6. The number of amidine groups is 2. The van der Waals surface area contributed by atoms with E-state index in [1.54, 1.807) is 0 Å². The van der Waals surface area contributed by atoms with Crippen molar-refractivity contribution in [2.24, 2.45) is 9.98 Å². The van der Waals surface area contributed by atoms with Crippen LogP contribution in [0.15, 0.2) is 195 Å². The van der Waals surface area contributed by atoms with Gasteiger partial charge in [0.25, 0.3) is 0 Å². The van der Waals surface area contributed by atoms with E-state index in [1.165, 1.54) is 5.56 Å². The third-order valence-corrected chi connectivity index (χ3v) is 10.6. The largest absolute Gasteiger partial charge is 0.456 e. The van der Waals surface area contributed by atoms with Gasteiger partial charge in [-0.2, -0.15) is 0 Å². The van der Waals surface area contributed by atoms with Crippen molar-refractivity contribution in [3.05, 3.63) is 193 Å². The molecule has 1 unspecified atom stereocenters. The topological polar surface area (TPSA) is 63.0 Å². The van der Waals surface area contributed by atoms with Crippen molar-refractivity contribution in [2.45, 2.75) is 6.17 Å². The Morgan fingerprint density at radius 3 is 1.83 bits per heavy atom. The van der Waals surface area contributed by atoms with Crippen molar-refractivity contribution >= 4 is 66.3 Å². The molecule has 254 valence electrons. The van der Waals surface area contributed by atoms with Gasteiger partial charge in [0, 0.05) is 43.6 Å². The first-order valence-electron chi connectivity index (χ1n) is 18.2. The Hall–Kier alpha value is -7.24. The fourth-order valence-corrected chi connectivity index (χ4v) is 7.99. The van der Waals surface area contributed by atoms with Crippen molar-refractivity contribution in [3.8, 4) is 22.3 Å². The molecule has 1 atom stereocenters. The molecule has 54 heavy (non-hydrogen) atoms. The van der Waals surface area contributed by atoms with Gasteiger partial charge in [-0.1, -0.05) is 158 Å². The molecule has 10 aromatic rings. The molecule has 5 nitrogen and oxygen atoms in total. The maximum absolute atomic E-state index is 6.82. The Kier molecular flexibility index (Phi) is 6.85. The van der Waals surface area contributed by atoms with E-state index in [-0.39, 0.29) is 6.17 Å². The second kappa shape index (κ2) is 12.2. The minimum absolute atomic E-state index is 0.357. The van der Waals surface area contributed by atoms with E-state index < -0.39 is 0 Å². The van der Waals surface area contributed by atoms with E-state index in [2.05, 4.69) is 139 Å². The Bertz CT molecular complexity index is 3120. The maximum atomic E-state index is 6.82. The molecule has 0 fully saturated rings. The zero-order valence-corrected chi connectivity index (χ0v) is 29.0. The highest BCUT2D eigenvalue weighted by Crippen LogP contribution is 2.44. The van der Waals surface area contributed by atoms with Crippen molar-refractivity contribution in [1.29, 1.82) is 0 Å². The highest BCUT2D eigenvalue weighted by atomic mass is 16.3. The van der Waals surface area contributed by atoms with Crippen LogP contribution in [0.25, 0.3) is 76.9 Å². The molecule has 2 aromatic heterocycles. The molecule has 11 rings (SSSR count). The van der Waals surface area contributed by atoms with E-state index in [0.717, 1.165) is 93.9 Å². The number of furan rings is 2. The summed E-state index contributed by atoms with van der Waals surface area (Å²) in [7, 11) is 0. The van der Waals surface area contributed by atoms with E-state index >= 15 is 0 Å². The lowest BCUT2D eigenvalue weighted by molar-refractivity contribution is 0.667. The number of hydrogen-bond donors (Lipinski definition) is 1. The van der Waals surface area contributed by atoms with Gasteiger partial charge in [0.2, 0.25) is 0 Å². The summed E-state index contributed by atoms with van der Waals surface area (Å²) in [5.41, 5.74) is 10.7. The van der Waals surface area contributed by atoms with Gasteiger partial charge in [-0.25, -0.2) is 9.98 Å². The van der Waals surface area contributed by atoms with Crippen molar-refractivity contribution in [1.82, 2.24) is 5.32 Å². The average Bonchev–Trinajstić information content (AvgIpc) is 3.83. The first-order chi connectivity index (χ1) is 26.8. The Balaban J connectivity index is 1.09. The van der Waals surface area contributed by atoms with Crippen LogP contribution in [0.5, 0.6) is 0 Å². The first-order valence-corrected chi connectivity index (χ1v) is 18.2. The summed E-state index contributed by atoms with van der Waals surface area (Å²) in [6.45, 7) is 0. The summed E-state index contributed by atoms with van der Waals surface area (Å²) in [4.78, 5) is 10.4. The normalized spacial score (nSPS) is 14.5. The van der Waals surface area contributed by atoms with Gasteiger partial charge in [-0.3, -0.25) is 0 Å². The van der Waals surface area contributed by atoms with Crippen LogP contribution >= 0.6 is 0 Å². The zero-order valence-electron chi connectivity index (χ0n) is 29.0. The molecule has 0 spiro atoms. The third kappa shape index (κ3) is 4.86. The number of nitrogens with one attached hydrogen (secondary N) is 1. The molecule has 1 N–H and O–H groups in total. The van der Waals surface area contributed by atoms with E-state index in [9.17, 15) is 0 Å². The highest BCUT2D eigenvalue weighted by molar-refractivity contribution is 6.25. The second-order valence-electron chi connectivity index (χ2n) is 13.7. The number of hydrogen-bond acceptors (Lipinski definition) is 5. The van der Waals surface area contributed by atoms with Crippen LogP contribution in [0.4, 0.5) is 0 Å². The fraction of sp³-hybridized carbons (Fsp3) is 0.0204. The van der Waals surface area contributed by atoms with Crippen molar-refractivity contribution in [3.63, 3.8) is 0 Å². The molecule has 0 amide bonds. The van der Waals surface area contributed by atoms with Gasteiger partial charge in [-0.15, -0.1) is 0 Å². The van der Waals surface area contributed by atoms with Crippen LogP contribution in [-0.2, 0) is 0 Å². The summed E-state index contributed by atoms with van der Waals surface area (Å²) in [6, 6.07) is 60.8. The molecule has 8 aromatic carbocycles. The van der Waals surface area contributed by atoms with Crippen molar-refractivity contribution in [2.75, 3.05) is 0 Å². The highest BCUT2D eigenvalue weighted by Gasteiger charge is 2.25. The third-order valence-electron chi connectivity index (χ3n) is 10.6. The lowest BCUT2D eigenvalue weighted by atomic mass is 9.95. The Morgan fingerprint density at radius 2 is 1.04 bits per heavy atom. The monoisotopic (exact) mass is 693 g/mol. The number of fused-ring (bicyclic) bond motifs is 8. The molecular formula is C49H31N3O2. The van der Waals surface area contributed by atoms with Crippen LogP contribution in [0.2, 0.25) is 0 Å². The van der Waals surface area contributed by atoms with Gasteiger partial charge >= 0.3 is 0 Å². The number of aliphatic imine (C=N–C) groups is 2. The molecule has 0 aliphatic carbocycles. The molecule has 1 aliphatic heterocycles. The average molecular weight is 694 g/mol. The standard InChI is InChI=1S/C49H31N3O2/c1-3-12-30(13-4-1)31-24-26-34(27-25-31)48-50-47(33-15-5-2-6-16-33)51-49(52-48)40-21-11-23-42-44(40)43-36(18-10-22-41(43)53-42)37-19-9-20-38-39-29-28-32-14-7-8-17-35(32)45(39)54-46(37)38/h1-29,48H,(H,50,51,52). The molecule has 0 saturated carbocycles. The lowest BCUT2D eigenvalue weighted by Gasteiger charge is -2.24. The van der Waals surface area contributed by atoms with E-state index in [1.807, 2.05) is 42.5 Å².